The lowest BCUT2D eigenvalue weighted by atomic mass is 10.3. The summed E-state index contributed by atoms with van der Waals surface area (Å²) in [6.07, 6.45) is 2.43. The van der Waals surface area contributed by atoms with Crippen molar-refractivity contribution < 1.29 is 14.3 Å². The van der Waals surface area contributed by atoms with Gasteiger partial charge in [0.2, 0.25) is 5.88 Å². The monoisotopic (exact) mass is 391 g/mol. The summed E-state index contributed by atoms with van der Waals surface area (Å²) < 4.78 is 11.9. The van der Waals surface area contributed by atoms with Crippen LogP contribution in [-0.4, -0.2) is 42.2 Å². The summed E-state index contributed by atoms with van der Waals surface area (Å²) in [4.78, 5) is 18.3. The maximum Gasteiger partial charge on any atom is 0.321 e. The zero-order chi connectivity index (χ0) is 16.9. The number of hydrogen-bond acceptors (Lipinski definition) is 4. The number of pyridine rings is 1. The molecule has 0 saturated carbocycles. The van der Waals surface area contributed by atoms with Gasteiger partial charge >= 0.3 is 6.03 Å². The minimum absolute atomic E-state index is 0.0465. The molecule has 1 atom stereocenters. The van der Waals surface area contributed by atoms with E-state index in [0.717, 1.165) is 10.9 Å². The van der Waals surface area contributed by atoms with Crippen molar-refractivity contribution in [3.05, 3.63) is 47.1 Å². The molecule has 1 fully saturated rings. The number of nitrogens with one attached hydrogen (secondary N) is 1. The average molecular weight is 392 g/mol. The summed E-state index contributed by atoms with van der Waals surface area (Å²) in [5.41, 5.74) is 0.707. The topological polar surface area (TPSA) is 63.7 Å². The van der Waals surface area contributed by atoms with Gasteiger partial charge in [-0.2, -0.15) is 0 Å². The molecule has 2 amide bonds. The number of urea groups is 1. The number of anilines is 1. The van der Waals surface area contributed by atoms with Gasteiger partial charge in [0.15, 0.2) is 0 Å². The van der Waals surface area contributed by atoms with Gasteiger partial charge < -0.3 is 19.7 Å². The van der Waals surface area contributed by atoms with Gasteiger partial charge in [0.25, 0.3) is 0 Å². The van der Waals surface area contributed by atoms with E-state index < -0.39 is 0 Å². The second kappa shape index (κ2) is 7.53. The molecule has 6 nitrogen and oxygen atoms in total. The number of carbonyl (C=O) groups excluding carboxylic acids is 1. The molecule has 1 aliphatic heterocycles. The van der Waals surface area contributed by atoms with E-state index in [1.54, 1.807) is 24.3 Å². The molecule has 0 spiro atoms. The predicted molar refractivity (Wildman–Crippen MR) is 94.6 cm³/mol. The molecular weight excluding hydrogens is 374 g/mol. The molecule has 0 radical (unpaired) electrons. The number of rotatable bonds is 4. The first-order chi connectivity index (χ1) is 11.6. The number of halogens is 1. The van der Waals surface area contributed by atoms with E-state index in [4.69, 9.17) is 9.47 Å². The van der Waals surface area contributed by atoms with E-state index in [1.165, 1.54) is 0 Å². The molecule has 1 aromatic heterocycles. The van der Waals surface area contributed by atoms with Crippen LogP contribution in [0, 0.1) is 0 Å². The Morgan fingerprint density at radius 1 is 1.38 bits per heavy atom. The lowest BCUT2D eigenvalue weighted by Crippen LogP contribution is -2.34. The van der Waals surface area contributed by atoms with Crippen molar-refractivity contribution in [3.8, 4) is 11.6 Å². The first-order valence-corrected chi connectivity index (χ1v) is 8.41. The maximum atomic E-state index is 12.4. The first-order valence-electron chi connectivity index (χ1n) is 7.62. The number of aromatic nitrogens is 1. The fourth-order valence-corrected chi connectivity index (χ4v) is 2.75. The second-order valence-electron chi connectivity index (χ2n) is 5.45. The number of amides is 2. The summed E-state index contributed by atoms with van der Waals surface area (Å²) in [5, 5.41) is 2.88. The van der Waals surface area contributed by atoms with Crippen LogP contribution >= 0.6 is 15.9 Å². The van der Waals surface area contributed by atoms with Crippen LogP contribution in [0.4, 0.5) is 10.5 Å². The van der Waals surface area contributed by atoms with E-state index in [-0.39, 0.29) is 12.1 Å². The van der Waals surface area contributed by atoms with Crippen LogP contribution in [0.25, 0.3) is 0 Å². The zero-order valence-corrected chi connectivity index (χ0v) is 14.8. The molecule has 2 aromatic rings. The van der Waals surface area contributed by atoms with Crippen molar-refractivity contribution in [2.75, 3.05) is 25.5 Å². The van der Waals surface area contributed by atoms with Gasteiger partial charge in [0.1, 0.15) is 11.9 Å². The minimum Gasteiger partial charge on any atom is -0.497 e. The standard InChI is InChI=1S/C17H18BrN3O3/c1-23-14-4-2-3-13(9-14)20-17(22)21-8-7-15(11-21)24-16-6-5-12(18)10-19-16/h2-6,9-10,15H,7-8,11H2,1H3,(H,20,22). The third-order valence-corrected chi connectivity index (χ3v) is 4.21. The number of carbonyl (C=O) groups is 1. The summed E-state index contributed by atoms with van der Waals surface area (Å²) >= 11 is 3.34. The van der Waals surface area contributed by atoms with Crippen molar-refractivity contribution >= 4 is 27.6 Å². The largest absolute Gasteiger partial charge is 0.497 e. The molecule has 126 valence electrons. The SMILES string of the molecule is COc1cccc(NC(=O)N2CCC(Oc3ccc(Br)cn3)C2)c1. The summed E-state index contributed by atoms with van der Waals surface area (Å²) in [6, 6.07) is 10.8. The predicted octanol–water partition coefficient (Wildman–Crippen LogP) is 3.54. The number of hydrogen-bond donors (Lipinski definition) is 1. The molecule has 1 aromatic carbocycles. The highest BCUT2D eigenvalue weighted by atomic mass is 79.9. The molecule has 3 rings (SSSR count). The van der Waals surface area contributed by atoms with Crippen molar-refractivity contribution in [2.45, 2.75) is 12.5 Å². The normalized spacial score (nSPS) is 16.8. The number of benzene rings is 1. The Kier molecular flexibility index (Phi) is 5.20. The fraction of sp³-hybridized carbons (Fsp3) is 0.294. The maximum absolute atomic E-state index is 12.4. The van der Waals surface area contributed by atoms with Crippen molar-refractivity contribution in [2.24, 2.45) is 0 Å². The summed E-state index contributed by atoms with van der Waals surface area (Å²) in [7, 11) is 1.60. The quantitative estimate of drug-likeness (QED) is 0.865. The molecule has 24 heavy (non-hydrogen) atoms. The third kappa shape index (κ3) is 4.17. The molecule has 2 heterocycles. The van der Waals surface area contributed by atoms with Gasteiger partial charge in [0.05, 0.1) is 13.7 Å². The summed E-state index contributed by atoms with van der Waals surface area (Å²) in [5.74, 6) is 1.27. The van der Waals surface area contributed by atoms with Gasteiger partial charge in [-0.1, -0.05) is 6.07 Å². The highest BCUT2D eigenvalue weighted by Gasteiger charge is 2.28. The van der Waals surface area contributed by atoms with Gasteiger partial charge in [-0.25, -0.2) is 9.78 Å². The van der Waals surface area contributed by atoms with Gasteiger partial charge in [-0.05, 0) is 34.1 Å². The lowest BCUT2D eigenvalue weighted by molar-refractivity contribution is 0.190. The van der Waals surface area contributed by atoms with E-state index in [0.29, 0.717) is 30.4 Å². The van der Waals surface area contributed by atoms with Crippen LogP contribution < -0.4 is 14.8 Å². The molecule has 0 aliphatic carbocycles. The molecule has 1 N–H and O–H groups in total. The fourth-order valence-electron chi connectivity index (χ4n) is 2.51. The van der Waals surface area contributed by atoms with E-state index in [1.807, 2.05) is 30.3 Å². The Bertz CT molecular complexity index is 708. The molecule has 7 heteroatoms. The Balaban J connectivity index is 1.54. The van der Waals surface area contributed by atoms with E-state index in [9.17, 15) is 4.79 Å². The van der Waals surface area contributed by atoms with E-state index in [2.05, 4.69) is 26.2 Å². The molecule has 1 unspecified atom stereocenters. The Hall–Kier alpha value is -2.28. The van der Waals surface area contributed by atoms with Gasteiger partial charge in [-0.15, -0.1) is 0 Å². The average Bonchev–Trinajstić information content (AvgIpc) is 3.06. The Morgan fingerprint density at radius 3 is 3.00 bits per heavy atom. The van der Waals surface area contributed by atoms with Crippen molar-refractivity contribution in [1.29, 1.82) is 0 Å². The van der Waals surface area contributed by atoms with Gasteiger partial charge in [0, 0.05) is 41.5 Å². The summed E-state index contributed by atoms with van der Waals surface area (Å²) in [6.45, 7) is 1.19. The van der Waals surface area contributed by atoms with Crippen molar-refractivity contribution in [1.82, 2.24) is 9.88 Å². The highest BCUT2D eigenvalue weighted by Crippen LogP contribution is 2.20. The second-order valence-corrected chi connectivity index (χ2v) is 6.37. The van der Waals surface area contributed by atoms with E-state index >= 15 is 0 Å². The molecular formula is C17H18BrN3O3. The lowest BCUT2D eigenvalue weighted by Gasteiger charge is -2.18. The van der Waals surface area contributed by atoms with Crippen LogP contribution in [0.15, 0.2) is 47.1 Å². The number of ether oxygens (including phenoxy) is 2. The van der Waals surface area contributed by atoms with Crippen LogP contribution in [0.3, 0.4) is 0 Å². The van der Waals surface area contributed by atoms with Crippen LogP contribution in [0.1, 0.15) is 6.42 Å². The number of nitrogens with zero attached hydrogens (tertiary/aromatic N) is 2. The Morgan fingerprint density at radius 2 is 2.25 bits per heavy atom. The van der Waals surface area contributed by atoms with Crippen LogP contribution in [-0.2, 0) is 0 Å². The Labute approximate surface area is 148 Å². The third-order valence-electron chi connectivity index (χ3n) is 3.74. The molecule has 0 bridgehead atoms. The minimum atomic E-state index is -0.141. The van der Waals surface area contributed by atoms with Gasteiger partial charge in [-0.3, -0.25) is 0 Å². The number of likely N-dealkylation sites (tertiary alicyclic amines) is 1. The zero-order valence-electron chi connectivity index (χ0n) is 13.2. The van der Waals surface area contributed by atoms with Crippen LogP contribution in [0.2, 0.25) is 0 Å². The molecule has 1 aliphatic rings. The van der Waals surface area contributed by atoms with Crippen LogP contribution in [0.5, 0.6) is 11.6 Å². The smallest absolute Gasteiger partial charge is 0.321 e. The van der Waals surface area contributed by atoms with Crippen molar-refractivity contribution in [3.63, 3.8) is 0 Å². The molecule has 1 saturated heterocycles. The number of methoxy groups -OCH3 is 1. The first kappa shape index (κ1) is 16.6. The highest BCUT2D eigenvalue weighted by molar-refractivity contribution is 9.10.